The number of hydrogen-bond donors (Lipinski definition) is 1. The number of amides is 1. The fourth-order valence-corrected chi connectivity index (χ4v) is 5.90. The second kappa shape index (κ2) is 14.6. The van der Waals surface area contributed by atoms with E-state index in [0.717, 1.165) is 28.9 Å². The number of hydrogen-bond acceptors (Lipinski definition) is 5. The van der Waals surface area contributed by atoms with Crippen molar-refractivity contribution in [3.05, 3.63) is 156 Å². The van der Waals surface area contributed by atoms with Gasteiger partial charge in [-0.2, -0.15) is 13.2 Å². The van der Waals surface area contributed by atoms with Gasteiger partial charge in [-0.15, -0.1) is 0 Å². The average Bonchev–Trinajstić information content (AvgIpc) is 3.12. The summed E-state index contributed by atoms with van der Waals surface area (Å²) >= 11 is 0. The highest BCUT2D eigenvalue weighted by molar-refractivity contribution is 6.08. The summed E-state index contributed by atoms with van der Waals surface area (Å²) in [6, 6.07) is 38.0. The Labute approximate surface area is 277 Å². The summed E-state index contributed by atoms with van der Waals surface area (Å²) in [6.45, 7) is 2.91. The van der Waals surface area contributed by atoms with E-state index >= 15 is 0 Å². The number of nitrogens with one attached hydrogen (secondary N) is 1. The summed E-state index contributed by atoms with van der Waals surface area (Å²) in [4.78, 5) is 31.1. The first-order valence-electron chi connectivity index (χ1n) is 15.7. The summed E-state index contributed by atoms with van der Waals surface area (Å²) in [7, 11) is 0. The molecule has 1 fully saturated rings. The number of benzene rings is 5. The largest absolute Gasteiger partial charge is 0.459 e. The number of nitrogens with zero attached hydrogens (tertiary/aromatic N) is 2. The summed E-state index contributed by atoms with van der Waals surface area (Å²) < 4.78 is 44.9. The van der Waals surface area contributed by atoms with Gasteiger partial charge >= 0.3 is 12.1 Å². The Balaban J connectivity index is 1.08. The molecule has 5 aromatic carbocycles. The van der Waals surface area contributed by atoms with Gasteiger partial charge in [0.15, 0.2) is 0 Å². The van der Waals surface area contributed by atoms with E-state index in [9.17, 15) is 22.8 Å². The molecule has 48 heavy (non-hydrogen) atoms. The van der Waals surface area contributed by atoms with Crippen molar-refractivity contribution in [1.29, 1.82) is 0 Å². The van der Waals surface area contributed by atoms with Gasteiger partial charge in [0.1, 0.15) is 12.6 Å². The van der Waals surface area contributed by atoms with Crippen LogP contribution in [0.15, 0.2) is 133 Å². The minimum atomic E-state index is -4.43. The molecule has 1 heterocycles. The maximum Gasteiger partial charge on any atom is 0.416 e. The molecule has 0 spiro atoms. The maximum absolute atomic E-state index is 13.4. The van der Waals surface area contributed by atoms with Crippen molar-refractivity contribution in [3.8, 4) is 11.1 Å². The third-order valence-electron chi connectivity index (χ3n) is 8.43. The van der Waals surface area contributed by atoms with E-state index in [1.54, 1.807) is 24.3 Å². The normalized spacial score (nSPS) is 14.3. The van der Waals surface area contributed by atoms with Crippen LogP contribution in [0, 0.1) is 0 Å². The number of piperazine rings is 1. The molecule has 0 radical (unpaired) electrons. The number of rotatable bonds is 9. The Morgan fingerprint density at radius 2 is 1.31 bits per heavy atom. The zero-order valence-electron chi connectivity index (χ0n) is 26.1. The maximum atomic E-state index is 13.4. The molecule has 1 amide bonds. The van der Waals surface area contributed by atoms with Crippen molar-refractivity contribution in [2.75, 3.05) is 36.4 Å². The molecule has 0 bridgehead atoms. The number of carbonyl (C=O) groups excluding carboxylic acids is 2. The number of anilines is 2. The van der Waals surface area contributed by atoms with Crippen LogP contribution >= 0.6 is 0 Å². The van der Waals surface area contributed by atoms with Gasteiger partial charge in [0.05, 0.1) is 5.56 Å². The molecule has 6 nitrogen and oxygen atoms in total. The molecule has 1 N–H and O–H groups in total. The molecular formula is C39H34F3N3O3. The smallest absolute Gasteiger partial charge is 0.416 e. The van der Waals surface area contributed by atoms with Gasteiger partial charge < -0.3 is 15.0 Å². The fourth-order valence-electron chi connectivity index (χ4n) is 5.90. The molecule has 1 aliphatic heterocycles. The summed E-state index contributed by atoms with van der Waals surface area (Å²) in [5.41, 5.74) is 4.07. The Morgan fingerprint density at radius 3 is 1.96 bits per heavy atom. The van der Waals surface area contributed by atoms with Gasteiger partial charge in [0, 0.05) is 43.1 Å². The van der Waals surface area contributed by atoms with Crippen LogP contribution < -0.4 is 10.2 Å². The average molecular weight is 650 g/mol. The lowest BCUT2D eigenvalue weighted by atomic mass is 9.98. The van der Waals surface area contributed by atoms with Crippen molar-refractivity contribution in [2.45, 2.75) is 18.8 Å². The summed E-state index contributed by atoms with van der Waals surface area (Å²) in [5, 5.41) is 2.91. The standard InChI is InChI=1S/C39H34F3N3O3/c40-39(41,42)31-17-15-29(16-18-31)34-13-7-8-14-35(34)37(46)43-32-19-21-33(22-20-32)44-23-25-45(26-24-44)36(30-11-5-2-6-12-30)38(47)48-27-28-9-3-1-4-10-28/h1-22,36H,23-27H2,(H,43,46). The lowest BCUT2D eigenvalue weighted by Crippen LogP contribution is -2.49. The van der Waals surface area contributed by atoms with Crippen LogP contribution in [0.5, 0.6) is 0 Å². The highest BCUT2D eigenvalue weighted by Crippen LogP contribution is 2.32. The SMILES string of the molecule is O=C(Nc1ccc(N2CCN(C(C(=O)OCc3ccccc3)c3ccccc3)CC2)cc1)c1ccccc1-c1ccc(C(F)(F)F)cc1. The minimum Gasteiger partial charge on any atom is -0.459 e. The fraction of sp³-hybridized carbons (Fsp3) is 0.179. The zero-order chi connectivity index (χ0) is 33.5. The van der Waals surface area contributed by atoms with Crippen LogP contribution in [0.1, 0.15) is 33.1 Å². The summed E-state index contributed by atoms with van der Waals surface area (Å²) in [5.74, 6) is -0.642. The molecular weight excluding hydrogens is 615 g/mol. The molecule has 1 saturated heterocycles. The topological polar surface area (TPSA) is 61.9 Å². The van der Waals surface area contributed by atoms with E-state index in [4.69, 9.17) is 4.74 Å². The van der Waals surface area contributed by atoms with Crippen molar-refractivity contribution in [2.24, 2.45) is 0 Å². The van der Waals surface area contributed by atoms with Crippen molar-refractivity contribution >= 4 is 23.3 Å². The molecule has 0 saturated carbocycles. The first-order valence-corrected chi connectivity index (χ1v) is 15.7. The van der Waals surface area contributed by atoms with E-state index in [-0.39, 0.29) is 18.5 Å². The molecule has 1 aliphatic rings. The van der Waals surface area contributed by atoms with Gasteiger partial charge in [-0.25, -0.2) is 4.79 Å². The number of ether oxygens (including phenoxy) is 1. The van der Waals surface area contributed by atoms with Gasteiger partial charge in [0.25, 0.3) is 5.91 Å². The molecule has 5 aromatic rings. The van der Waals surface area contributed by atoms with Gasteiger partial charge in [-0.1, -0.05) is 91.0 Å². The van der Waals surface area contributed by atoms with E-state index in [2.05, 4.69) is 15.1 Å². The second-order valence-electron chi connectivity index (χ2n) is 11.6. The molecule has 0 aliphatic carbocycles. The molecule has 1 unspecified atom stereocenters. The molecule has 9 heteroatoms. The zero-order valence-corrected chi connectivity index (χ0v) is 26.1. The molecule has 1 atom stereocenters. The predicted molar refractivity (Wildman–Crippen MR) is 180 cm³/mol. The number of alkyl halides is 3. The third-order valence-corrected chi connectivity index (χ3v) is 8.43. The van der Waals surface area contributed by atoms with E-state index in [1.807, 2.05) is 84.9 Å². The van der Waals surface area contributed by atoms with Gasteiger partial charge in [0.2, 0.25) is 0 Å². The monoisotopic (exact) mass is 649 g/mol. The molecule has 6 rings (SSSR count). The van der Waals surface area contributed by atoms with Gasteiger partial charge in [-0.3, -0.25) is 9.69 Å². The Morgan fingerprint density at radius 1 is 0.708 bits per heavy atom. The second-order valence-corrected chi connectivity index (χ2v) is 11.6. The van der Waals surface area contributed by atoms with E-state index < -0.39 is 17.8 Å². The number of halogens is 3. The summed E-state index contributed by atoms with van der Waals surface area (Å²) in [6.07, 6.45) is -4.43. The van der Waals surface area contributed by atoms with Crippen LogP contribution in [-0.2, 0) is 22.3 Å². The lowest BCUT2D eigenvalue weighted by molar-refractivity contribution is -0.152. The van der Waals surface area contributed by atoms with Crippen LogP contribution in [-0.4, -0.2) is 43.0 Å². The van der Waals surface area contributed by atoms with Crippen LogP contribution in [0.25, 0.3) is 11.1 Å². The predicted octanol–water partition coefficient (Wildman–Crippen LogP) is 8.23. The Kier molecular flexibility index (Phi) is 9.87. The van der Waals surface area contributed by atoms with E-state index in [0.29, 0.717) is 48.6 Å². The Bertz CT molecular complexity index is 1820. The highest BCUT2D eigenvalue weighted by atomic mass is 19.4. The quantitative estimate of drug-likeness (QED) is 0.163. The number of carbonyl (C=O) groups is 2. The first-order chi connectivity index (χ1) is 23.3. The van der Waals surface area contributed by atoms with Crippen LogP contribution in [0.3, 0.4) is 0 Å². The van der Waals surface area contributed by atoms with Crippen molar-refractivity contribution in [1.82, 2.24) is 4.90 Å². The third kappa shape index (κ3) is 7.75. The van der Waals surface area contributed by atoms with Crippen LogP contribution in [0.2, 0.25) is 0 Å². The first kappa shape index (κ1) is 32.5. The van der Waals surface area contributed by atoms with E-state index in [1.165, 1.54) is 12.1 Å². The Hall–Kier alpha value is -5.41. The highest BCUT2D eigenvalue weighted by Gasteiger charge is 2.32. The minimum absolute atomic E-state index is 0.215. The van der Waals surface area contributed by atoms with Crippen molar-refractivity contribution in [3.63, 3.8) is 0 Å². The van der Waals surface area contributed by atoms with Gasteiger partial charge in [-0.05, 0) is 64.7 Å². The van der Waals surface area contributed by atoms with Crippen molar-refractivity contribution < 1.29 is 27.5 Å². The van der Waals surface area contributed by atoms with Crippen LogP contribution in [0.4, 0.5) is 24.5 Å². The molecule has 244 valence electrons. The lowest BCUT2D eigenvalue weighted by Gasteiger charge is -2.39. The number of esters is 1. The molecule has 0 aromatic heterocycles.